The first-order chi connectivity index (χ1) is 5.49. The number of carbonyl (C=O) groups excluding carboxylic acids is 1. The molecule has 0 aromatic heterocycles. The van der Waals surface area contributed by atoms with E-state index in [1.54, 1.807) is 4.90 Å². The van der Waals surface area contributed by atoms with Gasteiger partial charge in [0.05, 0.1) is 6.54 Å². The molecule has 1 fully saturated rings. The molecule has 0 bridgehead atoms. The fraction of sp³-hybridized carbons (Fsp3) is 0.875. The van der Waals surface area contributed by atoms with Crippen LogP contribution in [0.4, 0.5) is 4.79 Å². The first-order valence-electron chi connectivity index (χ1n) is 4.41. The van der Waals surface area contributed by atoms with Gasteiger partial charge in [0.2, 0.25) is 0 Å². The van der Waals surface area contributed by atoms with Gasteiger partial charge in [-0.3, -0.25) is 0 Å². The molecule has 1 rings (SSSR count). The summed E-state index contributed by atoms with van der Waals surface area (Å²) in [4.78, 5) is 12.8. The van der Waals surface area contributed by atoms with E-state index < -0.39 is 8.07 Å². The Balaban J connectivity index is 2.27. The Bertz CT molecular complexity index is 176. The standard InChI is InChI=1S/C8H17NO2Si/c1-12(2,3)7-5-9-4-6-11-8(9)10/h4-7H2,1-3H3. The van der Waals surface area contributed by atoms with Gasteiger partial charge in [0.15, 0.2) is 0 Å². The van der Waals surface area contributed by atoms with Crippen LogP contribution in [0.25, 0.3) is 0 Å². The molecule has 4 heteroatoms. The van der Waals surface area contributed by atoms with Crippen molar-refractivity contribution < 1.29 is 9.53 Å². The summed E-state index contributed by atoms with van der Waals surface area (Å²) in [6.45, 7) is 9.18. The predicted octanol–water partition coefficient (Wildman–Crippen LogP) is 1.78. The molecule has 0 atom stereocenters. The Morgan fingerprint density at radius 2 is 2.17 bits per heavy atom. The van der Waals surface area contributed by atoms with Gasteiger partial charge in [-0.1, -0.05) is 19.6 Å². The number of amides is 1. The minimum absolute atomic E-state index is 0.131. The smallest absolute Gasteiger partial charge is 0.409 e. The summed E-state index contributed by atoms with van der Waals surface area (Å²) in [6.07, 6.45) is -0.131. The fourth-order valence-electron chi connectivity index (χ4n) is 1.10. The molecule has 1 amide bonds. The first-order valence-corrected chi connectivity index (χ1v) is 8.11. The van der Waals surface area contributed by atoms with E-state index in [4.69, 9.17) is 4.74 Å². The van der Waals surface area contributed by atoms with Gasteiger partial charge in [-0.25, -0.2) is 4.79 Å². The molecule has 0 spiro atoms. The highest BCUT2D eigenvalue weighted by Crippen LogP contribution is 2.11. The normalized spacial score (nSPS) is 18.2. The van der Waals surface area contributed by atoms with Gasteiger partial charge in [0.25, 0.3) is 0 Å². The molecule has 0 saturated carbocycles. The molecule has 0 aliphatic carbocycles. The van der Waals surface area contributed by atoms with Gasteiger partial charge >= 0.3 is 6.09 Å². The second-order valence-electron chi connectivity index (χ2n) is 4.41. The molecule has 0 aromatic carbocycles. The maximum Gasteiger partial charge on any atom is 0.409 e. The monoisotopic (exact) mass is 187 g/mol. The molecular weight excluding hydrogens is 170 g/mol. The number of rotatable bonds is 3. The van der Waals surface area contributed by atoms with Crippen LogP contribution in [-0.4, -0.2) is 38.8 Å². The highest BCUT2D eigenvalue weighted by Gasteiger charge is 2.23. The molecule has 12 heavy (non-hydrogen) atoms. The first kappa shape index (κ1) is 9.57. The van der Waals surface area contributed by atoms with Crippen LogP contribution in [0.2, 0.25) is 25.7 Å². The van der Waals surface area contributed by atoms with Crippen LogP contribution < -0.4 is 0 Å². The SMILES string of the molecule is C[Si](C)(C)CCN1CCOC1=O. The lowest BCUT2D eigenvalue weighted by Crippen LogP contribution is -2.31. The van der Waals surface area contributed by atoms with Crippen molar-refractivity contribution in [1.82, 2.24) is 4.90 Å². The van der Waals surface area contributed by atoms with E-state index >= 15 is 0 Å². The summed E-state index contributed by atoms with van der Waals surface area (Å²) in [5.74, 6) is 0. The number of cyclic esters (lactones) is 1. The van der Waals surface area contributed by atoms with Crippen molar-refractivity contribution in [3.63, 3.8) is 0 Å². The van der Waals surface area contributed by atoms with E-state index in [1.807, 2.05) is 0 Å². The zero-order valence-corrected chi connectivity index (χ0v) is 9.09. The molecule has 1 saturated heterocycles. The molecule has 1 heterocycles. The average Bonchev–Trinajstić information content (AvgIpc) is 2.29. The summed E-state index contributed by atoms with van der Waals surface area (Å²) >= 11 is 0. The van der Waals surface area contributed by atoms with E-state index in [-0.39, 0.29) is 6.09 Å². The van der Waals surface area contributed by atoms with E-state index in [1.165, 1.54) is 6.04 Å². The second kappa shape index (κ2) is 3.47. The third-order valence-corrected chi connectivity index (χ3v) is 3.70. The van der Waals surface area contributed by atoms with Crippen LogP contribution in [0.1, 0.15) is 0 Å². The van der Waals surface area contributed by atoms with E-state index in [9.17, 15) is 4.79 Å². The van der Waals surface area contributed by atoms with Crippen LogP contribution in [0.15, 0.2) is 0 Å². The molecule has 1 aliphatic heterocycles. The Kier molecular flexibility index (Phi) is 2.77. The van der Waals surface area contributed by atoms with Crippen LogP contribution in [0.5, 0.6) is 0 Å². The van der Waals surface area contributed by atoms with Gasteiger partial charge in [-0.05, 0) is 6.04 Å². The molecular formula is C8H17NO2Si. The van der Waals surface area contributed by atoms with Crippen molar-refractivity contribution in [2.75, 3.05) is 19.7 Å². The van der Waals surface area contributed by atoms with E-state index in [2.05, 4.69) is 19.6 Å². The molecule has 0 unspecified atom stereocenters. The van der Waals surface area contributed by atoms with Crippen molar-refractivity contribution >= 4 is 14.2 Å². The second-order valence-corrected chi connectivity index (χ2v) is 10.0. The number of hydrogen-bond acceptors (Lipinski definition) is 2. The van der Waals surface area contributed by atoms with Crippen molar-refractivity contribution in [3.05, 3.63) is 0 Å². The fourth-order valence-corrected chi connectivity index (χ4v) is 2.04. The van der Waals surface area contributed by atoms with Crippen molar-refractivity contribution in [1.29, 1.82) is 0 Å². The third-order valence-electron chi connectivity index (χ3n) is 1.98. The Morgan fingerprint density at radius 1 is 1.50 bits per heavy atom. The number of ether oxygens (including phenoxy) is 1. The Hall–Kier alpha value is -0.513. The zero-order chi connectivity index (χ0) is 9.19. The van der Waals surface area contributed by atoms with Gasteiger partial charge < -0.3 is 9.64 Å². The molecule has 0 radical (unpaired) electrons. The minimum atomic E-state index is -1.00. The zero-order valence-electron chi connectivity index (χ0n) is 8.09. The highest BCUT2D eigenvalue weighted by atomic mass is 28.3. The van der Waals surface area contributed by atoms with Gasteiger partial charge in [-0.15, -0.1) is 0 Å². The van der Waals surface area contributed by atoms with E-state index in [0.29, 0.717) is 6.61 Å². The summed E-state index contributed by atoms with van der Waals surface area (Å²) in [5, 5.41) is 0. The van der Waals surface area contributed by atoms with Crippen LogP contribution >= 0.6 is 0 Å². The topological polar surface area (TPSA) is 29.5 Å². The minimum Gasteiger partial charge on any atom is -0.448 e. The number of hydrogen-bond donors (Lipinski definition) is 0. The number of nitrogens with zero attached hydrogens (tertiary/aromatic N) is 1. The molecule has 0 aromatic rings. The lowest BCUT2D eigenvalue weighted by molar-refractivity contribution is 0.159. The summed E-state index contributed by atoms with van der Waals surface area (Å²) in [6, 6.07) is 1.17. The lowest BCUT2D eigenvalue weighted by Gasteiger charge is -2.19. The summed E-state index contributed by atoms with van der Waals surface area (Å²) in [7, 11) is -1.00. The van der Waals surface area contributed by atoms with Gasteiger partial charge in [0.1, 0.15) is 6.61 Å². The molecule has 0 N–H and O–H groups in total. The lowest BCUT2D eigenvalue weighted by atomic mass is 10.6. The quantitative estimate of drug-likeness (QED) is 0.630. The average molecular weight is 187 g/mol. The maximum absolute atomic E-state index is 11.0. The van der Waals surface area contributed by atoms with Crippen molar-refractivity contribution in [2.45, 2.75) is 25.7 Å². The Labute approximate surface area is 74.7 Å². The summed E-state index contributed by atoms with van der Waals surface area (Å²) < 4.78 is 4.83. The van der Waals surface area contributed by atoms with Gasteiger partial charge in [0, 0.05) is 14.6 Å². The molecule has 1 aliphatic rings. The van der Waals surface area contributed by atoms with E-state index in [0.717, 1.165) is 13.1 Å². The van der Waals surface area contributed by atoms with Gasteiger partial charge in [-0.2, -0.15) is 0 Å². The molecule has 3 nitrogen and oxygen atoms in total. The van der Waals surface area contributed by atoms with Crippen LogP contribution in [-0.2, 0) is 4.74 Å². The third kappa shape index (κ3) is 2.85. The van der Waals surface area contributed by atoms with Crippen LogP contribution in [0.3, 0.4) is 0 Å². The van der Waals surface area contributed by atoms with Crippen molar-refractivity contribution in [3.8, 4) is 0 Å². The number of carbonyl (C=O) groups is 1. The highest BCUT2D eigenvalue weighted by molar-refractivity contribution is 6.76. The Morgan fingerprint density at radius 3 is 2.58 bits per heavy atom. The molecule has 70 valence electrons. The maximum atomic E-state index is 11.0. The predicted molar refractivity (Wildman–Crippen MR) is 51.1 cm³/mol. The largest absolute Gasteiger partial charge is 0.448 e. The van der Waals surface area contributed by atoms with Crippen LogP contribution in [0, 0.1) is 0 Å². The van der Waals surface area contributed by atoms with Crippen molar-refractivity contribution in [2.24, 2.45) is 0 Å². The summed E-state index contributed by atoms with van der Waals surface area (Å²) in [5.41, 5.74) is 0.